The first-order chi connectivity index (χ1) is 14.7. The molecule has 2 fully saturated rings. The van der Waals surface area contributed by atoms with Crippen molar-refractivity contribution in [1.82, 2.24) is 15.5 Å². The quantitative estimate of drug-likeness (QED) is 0.204. The Morgan fingerprint density at radius 1 is 1.16 bits per heavy atom. The molecule has 0 aromatic heterocycles. The van der Waals surface area contributed by atoms with Gasteiger partial charge < -0.3 is 20.3 Å². The average molecular weight is 548 g/mol. The van der Waals surface area contributed by atoms with Crippen LogP contribution in [0.25, 0.3) is 0 Å². The predicted octanol–water partition coefficient (Wildman–Crippen LogP) is 3.33. The maximum Gasteiger partial charge on any atom is 0.190 e. The van der Waals surface area contributed by atoms with Crippen molar-refractivity contribution in [3.8, 4) is 0 Å². The molecule has 1 saturated heterocycles. The lowest BCUT2D eigenvalue weighted by molar-refractivity contribution is 0.0732. The van der Waals surface area contributed by atoms with E-state index < -0.39 is 0 Å². The molecule has 1 saturated carbocycles. The summed E-state index contributed by atoms with van der Waals surface area (Å²) in [6, 6.07) is 7.06. The topological polar surface area (TPSA) is 52.1 Å². The third kappa shape index (κ3) is 7.75. The zero-order chi connectivity index (χ0) is 21.2. The van der Waals surface area contributed by atoms with Crippen molar-refractivity contribution in [3.63, 3.8) is 0 Å². The molecule has 6 nitrogen and oxygen atoms in total. The molecular formula is C23H39FIN5O. The van der Waals surface area contributed by atoms with Crippen LogP contribution in [-0.4, -0.2) is 77.4 Å². The summed E-state index contributed by atoms with van der Waals surface area (Å²) >= 11 is 0. The Balaban J connectivity index is 0.00000341. The van der Waals surface area contributed by atoms with E-state index in [4.69, 9.17) is 4.74 Å². The van der Waals surface area contributed by atoms with E-state index in [0.29, 0.717) is 5.41 Å². The van der Waals surface area contributed by atoms with Crippen LogP contribution in [0.15, 0.2) is 29.3 Å². The first-order valence-corrected chi connectivity index (χ1v) is 11.3. The minimum Gasteiger partial charge on any atom is -0.385 e. The molecule has 1 aromatic rings. The van der Waals surface area contributed by atoms with Crippen LogP contribution in [0.2, 0.25) is 0 Å². The highest BCUT2D eigenvalue weighted by molar-refractivity contribution is 14.0. The molecule has 31 heavy (non-hydrogen) atoms. The van der Waals surface area contributed by atoms with E-state index >= 15 is 0 Å². The minimum atomic E-state index is -0.125. The summed E-state index contributed by atoms with van der Waals surface area (Å²) in [7, 11) is 3.61. The predicted molar refractivity (Wildman–Crippen MR) is 137 cm³/mol. The maximum absolute atomic E-state index is 14.0. The SMILES string of the molecule is CN=C(NCCCN1CCN(c2ccccc2F)CC1)NCC1(CCOC)CCC1.I. The van der Waals surface area contributed by atoms with E-state index in [1.54, 1.807) is 19.2 Å². The number of hydrogen-bond acceptors (Lipinski definition) is 4. The molecule has 0 unspecified atom stereocenters. The van der Waals surface area contributed by atoms with Crippen LogP contribution in [-0.2, 0) is 4.74 Å². The molecule has 8 heteroatoms. The summed E-state index contributed by atoms with van der Waals surface area (Å²) in [4.78, 5) is 8.98. The fourth-order valence-electron chi connectivity index (χ4n) is 4.43. The standard InChI is InChI=1S/C23H38FN5O.HI/c1-25-22(27-19-23(9-5-10-23)11-18-30-2)26-12-6-13-28-14-16-29(17-15-28)21-8-4-3-7-20(21)24;/h3-4,7-8H,5-6,9-19H2,1-2H3,(H2,25,26,27);1H. The second-order valence-electron chi connectivity index (χ2n) is 8.58. The van der Waals surface area contributed by atoms with Gasteiger partial charge in [0.05, 0.1) is 5.69 Å². The Bertz CT molecular complexity index is 678. The molecule has 0 atom stereocenters. The number of nitrogens with one attached hydrogen (secondary N) is 2. The molecule has 0 spiro atoms. The molecule has 2 aliphatic rings. The molecule has 0 amide bonds. The highest BCUT2D eigenvalue weighted by Crippen LogP contribution is 2.43. The Labute approximate surface area is 204 Å². The Morgan fingerprint density at radius 2 is 1.90 bits per heavy atom. The van der Waals surface area contributed by atoms with Crippen molar-refractivity contribution >= 4 is 35.6 Å². The van der Waals surface area contributed by atoms with Crippen LogP contribution in [0.3, 0.4) is 0 Å². The lowest BCUT2D eigenvalue weighted by atomic mass is 9.67. The summed E-state index contributed by atoms with van der Waals surface area (Å²) in [6.45, 7) is 7.45. The van der Waals surface area contributed by atoms with E-state index in [1.165, 1.54) is 19.3 Å². The Hall–Kier alpha value is -1.13. The Morgan fingerprint density at radius 3 is 2.52 bits per heavy atom. The number of nitrogens with zero attached hydrogens (tertiary/aromatic N) is 3. The van der Waals surface area contributed by atoms with Gasteiger partial charge in [-0.15, -0.1) is 24.0 Å². The zero-order valence-corrected chi connectivity index (χ0v) is 21.4. The van der Waals surface area contributed by atoms with Crippen LogP contribution < -0.4 is 15.5 Å². The molecule has 1 aliphatic carbocycles. The number of hydrogen-bond donors (Lipinski definition) is 2. The van der Waals surface area contributed by atoms with E-state index in [0.717, 1.165) is 76.9 Å². The largest absolute Gasteiger partial charge is 0.385 e. The van der Waals surface area contributed by atoms with Gasteiger partial charge in [0.2, 0.25) is 0 Å². The van der Waals surface area contributed by atoms with Crippen LogP contribution in [0, 0.1) is 11.2 Å². The van der Waals surface area contributed by atoms with Gasteiger partial charge in [0.25, 0.3) is 0 Å². The van der Waals surface area contributed by atoms with Crippen molar-refractivity contribution in [2.45, 2.75) is 32.1 Å². The van der Waals surface area contributed by atoms with Crippen molar-refractivity contribution < 1.29 is 9.13 Å². The summed E-state index contributed by atoms with van der Waals surface area (Å²) < 4.78 is 19.2. The second-order valence-corrected chi connectivity index (χ2v) is 8.58. The number of benzene rings is 1. The van der Waals surface area contributed by atoms with Gasteiger partial charge in [-0.3, -0.25) is 9.89 Å². The number of guanidine groups is 1. The highest BCUT2D eigenvalue weighted by Gasteiger charge is 2.36. The first kappa shape index (κ1) is 26.1. The monoisotopic (exact) mass is 547 g/mol. The molecule has 176 valence electrons. The number of halogens is 2. The number of para-hydroxylation sites is 1. The lowest BCUT2D eigenvalue weighted by Gasteiger charge is -2.42. The number of methoxy groups -OCH3 is 1. The van der Waals surface area contributed by atoms with Gasteiger partial charge in [-0.2, -0.15) is 0 Å². The third-order valence-corrected chi connectivity index (χ3v) is 6.61. The van der Waals surface area contributed by atoms with E-state index in [-0.39, 0.29) is 29.8 Å². The van der Waals surface area contributed by atoms with E-state index in [2.05, 4.69) is 25.4 Å². The Kier molecular flexibility index (Phi) is 11.3. The normalized spacial score (nSPS) is 18.8. The van der Waals surface area contributed by atoms with E-state index in [9.17, 15) is 4.39 Å². The number of anilines is 1. The van der Waals surface area contributed by atoms with Crippen molar-refractivity contribution in [2.75, 3.05) is 71.5 Å². The number of ether oxygens (including phenoxy) is 1. The first-order valence-electron chi connectivity index (χ1n) is 11.3. The van der Waals surface area contributed by atoms with Crippen LogP contribution in [0.4, 0.5) is 10.1 Å². The minimum absolute atomic E-state index is 0. The van der Waals surface area contributed by atoms with Gasteiger partial charge in [0.1, 0.15) is 5.82 Å². The third-order valence-electron chi connectivity index (χ3n) is 6.61. The van der Waals surface area contributed by atoms with Crippen molar-refractivity contribution in [2.24, 2.45) is 10.4 Å². The fourth-order valence-corrected chi connectivity index (χ4v) is 4.43. The average Bonchev–Trinajstić information content (AvgIpc) is 2.75. The molecule has 3 rings (SSSR count). The zero-order valence-electron chi connectivity index (χ0n) is 19.0. The van der Waals surface area contributed by atoms with Gasteiger partial charge in [-0.1, -0.05) is 18.6 Å². The maximum atomic E-state index is 14.0. The molecule has 1 aromatic carbocycles. The van der Waals surface area contributed by atoms with Gasteiger partial charge in [0.15, 0.2) is 5.96 Å². The van der Waals surface area contributed by atoms with Gasteiger partial charge in [-0.05, 0) is 49.8 Å². The van der Waals surface area contributed by atoms with Crippen molar-refractivity contribution in [3.05, 3.63) is 30.1 Å². The lowest BCUT2D eigenvalue weighted by Crippen LogP contribution is -2.48. The van der Waals surface area contributed by atoms with Gasteiger partial charge >= 0.3 is 0 Å². The van der Waals surface area contributed by atoms with Gasteiger partial charge in [-0.25, -0.2) is 4.39 Å². The summed E-state index contributed by atoms with van der Waals surface area (Å²) in [5, 5.41) is 6.97. The molecule has 0 bridgehead atoms. The molecule has 1 aliphatic heterocycles. The molecular weight excluding hydrogens is 508 g/mol. The summed E-state index contributed by atoms with van der Waals surface area (Å²) in [5.74, 6) is 0.767. The smallest absolute Gasteiger partial charge is 0.190 e. The number of rotatable bonds is 10. The summed E-state index contributed by atoms with van der Waals surface area (Å²) in [6.07, 6.45) is 6.06. The number of aliphatic imine (C=N–C) groups is 1. The highest BCUT2D eigenvalue weighted by atomic mass is 127. The van der Waals surface area contributed by atoms with Crippen LogP contribution >= 0.6 is 24.0 Å². The van der Waals surface area contributed by atoms with E-state index in [1.807, 2.05) is 19.2 Å². The molecule has 1 heterocycles. The fraction of sp³-hybridized carbons (Fsp3) is 0.696. The number of piperazine rings is 1. The van der Waals surface area contributed by atoms with Crippen molar-refractivity contribution in [1.29, 1.82) is 0 Å². The van der Waals surface area contributed by atoms with Crippen LogP contribution in [0.5, 0.6) is 0 Å². The van der Waals surface area contributed by atoms with Gasteiger partial charge in [0, 0.05) is 60.0 Å². The van der Waals surface area contributed by atoms with Crippen LogP contribution in [0.1, 0.15) is 32.1 Å². The second kappa shape index (κ2) is 13.4. The molecule has 2 N–H and O–H groups in total. The summed E-state index contributed by atoms with van der Waals surface area (Å²) in [5.41, 5.74) is 1.11. The molecule has 0 radical (unpaired) electrons.